The molecule has 0 saturated carbocycles. The van der Waals surface area contributed by atoms with Crippen molar-refractivity contribution in [2.75, 3.05) is 13.1 Å². The highest BCUT2D eigenvalue weighted by atomic mass is 16.2. The zero-order valence-corrected chi connectivity index (χ0v) is 15.8. The maximum Gasteiger partial charge on any atom is 0.222 e. The van der Waals surface area contributed by atoms with Crippen LogP contribution in [0.15, 0.2) is 73.1 Å². The van der Waals surface area contributed by atoms with Gasteiger partial charge in [0.1, 0.15) is 0 Å². The summed E-state index contributed by atoms with van der Waals surface area (Å²) >= 11 is 0. The van der Waals surface area contributed by atoms with E-state index in [1.54, 1.807) is 0 Å². The molecule has 0 aliphatic carbocycles. The molecule has 28 heavy (non-hydrogen) atoms. The van der Waals surface area contributed by atoms with E-state index in [9.17, 15) is 4.79 Å². The van der Waals surface area contributed by atoms with Crippen molar-refractivity contribution in [3.05, 3.63) is 84.2 Å². The van der Waals surface area contributed by atoms with Crippen LogP contribution in [0.2, 0.25) is 0 Å². The number of carbonyl (C=O) groups excluding carboxylic acids is 1. The summed E-state index contributed by atoms with van der Waals surface area (Å²) in [6.45, 7) is 2.18. The summed E-state index contributed by atoms with van der Waals surface area (Å²) in [6.07, 6.45) is 5.35. The summed E-state index contributed by atoms with van der Waals surface area (Å²) in [7, 11) is 0. The fraction of sp³-hybridized carbons (Fsp3) is 0.261. The molecule has 2 aromatic carbocycles. The van der Waals surface area contributed by atoms with Crippen LogP contribution < -0.4 is 5.32 Å². The molecule has 1 aliphatic rings. The Hall–Kier alpha value is -3.05. The van der Waals surface area contributed by atoms with Gasteiger partial charge in [-0.05, 0) is 12.0 Å². The molecule has 3 aromatic rings. The summed E-state index contributed by atoms with van der Waals surface area (Å²) in [4.78, 5) is 23.0. The van der Waals surface area contributed by atoms with Crippen molar-refractivity contribution in [1.82, 2.24) is 20.2 Å². The lowest BCUT2D eigenvalue weighted by molar-refractivity contribution is -0.128. The molecule has 1 aliphatic heterocycles. The molecule has 0 radical (unpaired) electrons. The Kier molecular flexibility index (Phi) is 5.73. The molecule has 1 aromatic heterocycles. The van der Waals surface area contributed by atoms with Crippen molar-refractivity contribution in [2.24, 2.45) is 0 Å². The maximum atomic E-state index is 12.1. The Morgan fingerprint density at radius 1 is 0.964 bits per heavy atom. The molecule has 2 heterocycles. The number of rotatable bonds is 7. The topological polar surface area (TPSA) is 58.1 Å². The van der Waals surface area contributed by atoms with Crippen LogP contribution in [0.4, 0.5) is 0 Å². The standard InChI is InChI=1S/C23H24N4O/c28-22-12-7-13-27(22)17-21(19-8-3-1-4-9-19)24-14-18-15-25-23(26-16-18)20-10-5-2-6-11-20/h1-6,8-11,15-16,21,24H,7,12-14,17H2. The van der Waals surface area contributed by atoms with E-state index < -0.39 is 0 Å². The molecule has 1 amide bonds. The first-order valence-corrected chi connectivity index (χ1v) is 9.72. The molecule has 1 N–H and O–H groups in total. The van der Waals surface area contributed by atoms with E-state index in [1.165, 1.54) is 5.56 Å². The van der Waals surface area contributed by atoms with Gasteiger partial charge in [-0.25, -0.2) is 9.97 Å². The second-order valence-electron chi connectivity index (χ2n) is 7.07. The van der Waals surface area contributed by atoms with E-state index in [0.29, 0.717) is 19.5 Å². The van der Waals surface area contributed by atoms with Crippen LogP contribution in [0, 0.1) is 0 Å². The Morgan fingerprint density at radius 2 is 1.64 bits per heavy atom. The molecule has 0 spiro atoms. The zero-order chi connectivity index (χ0) is 19.2. The van der Waals surface area contributed by atoms with Crippen LogP contribution in [0.3, 0.4) is 0 Å². The molecular weight excluding hydrogens is 348 g/mol. The largest absolute Gasteiger partial charge is 0.341 e. The van der Waals surface area contributed by atoms with Gasteiger partial charge in [0.05, 0.1) is 6.04 Å². The summed E-state index contributed by atoms with van der Waals surface area (Å²) < 4.78 is 0. The highest BCUT2D eigenvalue weighted by Crippen LogP contribution is 2.19. The molecule has 1 unspecified atom stereocenters. The third-order valence-electron chi connectivity index (χ3n) is 5.07. The minimum atomic E-state index is 0.0806. The molecule has 1 atom stereocenters. The molecule has 142 valence electrons. The molecule has 1 fully saturated rings. The van der Waals surface area contributed by atoms with Crippen LogP contribution >= 0.6 is 0 Å². The normalized spacial score (nSPS) is 15.0. The fourth-order valence-corrected chi connectivity index (χ4v) is 3.51. The monoisotopic (exact) mass is 372 g/mol. The van der Waals surface area contributed by atoms with Gasteiger partial charge in [-0.1, -0.05) is 60.7 Å². The van der Waals surface area contributed by atoms with Crippen LogP contribution in [-0.2, 0) is 11.3 Å². The van der Waals surface area contributed by atoms with Gasteiger partial charge in [-0.15, -0.1) is 0 Å². The fourth-order valence-electron chi connectivity index (χ4n) is 3.51. The predicted octanol–water partition coefficient (Wildman–Crippen LogP) is 3.60. The van der Waals surface area contributed by atoms with Crippen LogP contribution in [0.1, 0.15) is 30.0 Å². The lowest BCUT2D eigenvalue weighted by Gasteiger charge is -2.25. The van der Waals surface area contributed by atoms with E-state index in [4.69, 9.17) is 0 Å². The summed E-state index contributed by atoms with van der Waals surface area (Å²) in [5, 5.41) is 3.59. The quantitative estimate of drug-likeness (QED) is 0.688. The second kappa shape index (κ2) is 8.76. The Balaban J connectivity index is 1.44. The van der Waals surface area contributed by atoms with E-state index in [0.717, 1.165) is 29.9 Å². The van der Waals surface area contributed by atoms with Gasteiger partial charge < -0.3 is 10.2 Å². The highest BCUT2D eigenvalue weighted by Gasteiger charge is 2.24. The van der Waals surface area contributed by atoms with Crippen LogP contribution in [0.25, 0.3) is 11.4 Å². The molecule has 5 nitrogen and oxygen atoms in total. The van der Waals surface area contributed by atoms with Gasteiger partial charge in [-0.3, -0.25) is 4.79 Å². The van der Waals surface area contributed by atoms with Gasteiger partial charge in [-0.2, -0.15) is 0 Å². The maximum absolute atomic E-state index is 12.1. The summed E-state index contributed by atoms with van der Waals surface area (Å²) in [6, 6.07) is 20.3. The SMILES string of the molecule is O=C1CCCN1CC(NCc1cnc(-c2ccccc2)nc1)c1ccccc1. The number of benzene rings is 2. The number of hydrogen-bond acceptors (Lipinski definition) is 4. The van der Waals surface area contributed by atoms with Crippen LogP contribution in [0.5, 0.6) is 0 Å². The predicted molar refractivity (Wildman–Crippen MR) is 109 cm³/mol. The Bertz CT molecular complexity index is 897. The van der Waals surface area contributed by atoms with E-state index in [-0.39, 0.29) is 11.9 Å². The Labute approximate surface area is 165 Å². The van der Waals surface area contributed by atoms with Crippen molar-refractivity contribution in [1.29, 1.82) is 0 Å². The van der Waals surface area contributed by atoms with Crippen LogP contribution in [-0.4, -0.2) is 33.9 Å². The van der Waals surface area contributed by atoms with Crippen molar-refractivity contribution in [3.8, 4) is 11.4 Å². The van der Waals surface area contributed by atoms with Crippen molar-refractivity contribution >= 4 is 5.91 Å². The number of nitrogens with one attached hydrogen (secondary N) is 1. The van der Waals surface area contributed by atoms with Gasteiger partial charge in [0.25, 0.3) is 0 Å². The first kappa shape index (κ1) is 18.3. The smallest absolute Gasteiger partial charge is 0.222 e. The first-order valence-electron chi connectivity index (χ1n) is 9.72. The second-order valence-corrected chi connectivity index (χ2v) is 7.07. The molecule has 1 saturated heterocycles. The van der Waals surface area contributed by atoms with Crippen molar-refractivity contribution in [3.63, 3.8) is 0 Å². The minimum absolute atomic E-state index is 0.0806. The van der Waals surface area contributed by atoms with Gasteiger partial charge in [0, 0.05) is 49.6 Å². The average molecular weight is 372 g/mol. The zero-order valence-electron chi connectivity index (χ0n) is 15.8. The number of nitrogens with zero attached hydrogens (tertiary/aromatic N) is 3. The lowest BCUT2D eigenvalue weighted by Crippen LogP contribution is -2.35. The minimum Gasteiger partial charge on any atom is -0.341 e. The lowest BCUT2D eigenvalue weighted by atomic mass is 10.1. The highest BCUT2D eigenvalue weighted by molar-refractivity contribution is 5.78. The Morgan fingerprint density at radius 3 is 2.29 bits per heavy atom. The third kappa shape index (κ3) is 4.43. The number of aromatic nitrogens is 2. The van der Waals surface area contributed by atoms with E-state index >= 15 is 0 Å². The summed E-state index contributed by atoms with van der Waals surface area (Å²) in [5.74, 6) is 0.977. The molecular formula is C23H24N4O. The van der Waals surface area contributed by atoms with Gasteiger partial charge >= 0.3 is 0 Å². The van der Waals surface area contributed by atoms with E-state index in [1.807, 2.05) is 65.8 Å². The number of likely N-dealkylation sites (tertiary alicyclic amines) is 1. The van der Waals surface area contributed by atoms with E-state index in [2.05, 4.69) is 27.4 Å². The number of carbonyl (C=O) groups is 1. The molecule has 5 heteroatoms. The van der Waals surface area contributed by atoms with Crippen molar-refractivity contribution < 1.29 is 4.79 Å². The number of amides is 1. The van der Waals surface area contributed by atoms with Gasteiger partial charge in [0.2, 0.25) is 5.91 Å². The summed E-state index contributed by atoms with van der Waals surface area (Å²) in [5.41, 5.74) is 3.22. The van der Waals surface area contributed by atoms with Crippen molar-refractivity contribution in [2.45, 2.75) is 25.4 Å². The molecule has 4 rings (SSSR count). The third-order valence-corrected chi connectivity index (χ3v) is 5.07. The average Bonchev–Trinajstić information content (AvgIpc) is 3.17. The first-order chi connectivity index (χ1) is 13.8. The number of hydrogen-bond donors (Lipinski definition) is 1. The van der Waals surface area contributed by atoms with Gasteiger partial charge in [0.15, 0.2) is 5.82 Å². The molecule has 0 bridgehead atoms.